The van der Waals surface area contributed by atoms with Gasteiger partial charge in [-0.2, -0.15) is 0 Å². The molecular formula is C14H29NO. The summed E-state index contributed by atoms with van der Waals surface area (Å²) in [7, 11) is 0. The molecule has 0 aliphatic heterocycles. The number of nitrogens with one attached hydrogen (secondary N) is 1. The van der Waals surface area contributed by atoms with Gasteiger partial charge in [-0.25, -0.2) is 0 Å². The molecule has 0 aromatic rings. The first-order valence-corrected chi connectivity index (χ1v) is 6.92. The zero-order chi connectivity index (χ0) is 12.1. The second-order valence-corrected chi connectivity index (χ2v) is 4.46. The normalized spacial score (nSPS) is 11.8. The summed E-state index contributed by atoms with van der Waals surface area (Å²) in [5.74, 6) is 0.506. The highest BCUT2D eigenvalue weighted by molar-refractivity contribution is 4.88. The molecule has 2 heteroatoms. The molecule has 16 heavy (non-hydrogen) atoms. The van der Waals surface area contributed by atoms with Gasteiger partial charge in [-0.15, -0.1) is 0 Å². The van der Waals surface area contributed by atoms with Gasteiger partial charge < -0.3 is 10.4 Å². The zero-order valence-corrected chi connectivity index (χ0v) is 11.1. The Morgan fingerprint density at radius 1 is 0.938 bits per heavy atom. The van der Waals surface area contributed by atoms with E-state index in [9.17, 15) is 5.11 Å². The van der Waals surface area contributed by atoms with E-state index in [-0.39, 0.29) is 0 Å². The summed E-state index contributed by atoms with van der Waals surface area (Å²) < 4.78 is 0. The number of aliphatic hydroxyl groups is 1. The van der Waals surface area contributed by atoms with E-state index >= 15 is 0 Å². The van der Waals surface area contributed by atoms with Crippen molar-refractivity contribution >= 4 is 0 Å². The van der Waals surface area contributed by atoms with Gasteiger partial charge in [-0.1, -0.05) is 52.4 Å². The van der Waals surface area contributed by atoms with Gasteiger partial charge >= 0.3 is 0 Å². The minimum atomic E-state index is 0.506. The minimum absolute atomic E-state index is 0.506. The van der Waals surface area contributed by atoms with Crippen molar-refractivity contribution in [2.75, 3.05) is 6.54 Å². The smallest absolute Gasteiger partial charge is 0.108 e. The lowest BCUT2D eigenvalue weighted by Gasteiger charge is -2.03. The Kier molecular flexibility index (Phi) is 11.9. The molecule has 0 aliphatic rings. The summed E-state index contributed by atoms with van der Waals surface area (Å²) in [5.41, 5.74) is 0. The molecule has 0 aromatic heterocycles. The van der Waals surface area contributed by atoms with Crippen LogP contribution in [0.15, 0.2) is 12.0 Å². The molecule has 0 bridgehead atoms. The van der Waals surface area contributed by atoms with E-state index < -0.39 is 0 Å². The lowest BCUT2D eigenvalue weighted by Crippen LogP contribution is -2.07. The Balaban J connectivity index is 3.25. The molecule has 0 fully saturated rings. The van der Waals surface area contributed by atoms with Crippen molar-refractivity contribution in [1.29, 1.82) is 0 Å². The minimum Gasteiger partial charge on any atom is -0.511 e. The average Bonchev–Trinajstić information content (AvgIpc) is 2.29. The van der Waals surface area contributed by atoms with Crippen molar-refractivity contribution in [3.8, 4) is 0 Å². The van der Waals surface area contributed by atoms with E-state index in [0.29, 0.717) is 5.76 Å². The summed E-state index contributed by atoms with van der Waals surface area (Å²) in [6.07, 6.45) is 12.6. The predicted molar refractivity (Wildman–Crippen MR) is 71.6 cm³/mol. The predicted octanol–water partition coefficient (Wildman–Crippen LogP) is 4.53. The molecule has 0 aromatic carbocycles. The largest absolute Gasteiger partial charge is 0.511 e. The Morgan fingerprint density at radius 3 is 2.25 bits per heavy atom. The summed E-state index contributed by atoms with van der Waals surface area (Å²) >= 11 is 0. The van der Waals surface area contributed by atoms with Crippen LogP contribution in [0.4, 0.5) is 0 Å². The van der Waals surface area contributed by atoms with Gasteiger partial charge in [0.2, 0.25) is 0 Å². The maximum atomic E-state index is 9.55. The molecular weight excluding hydrogens is 198 g/mol. The first-order chi connectivity index (χ1) is 7.81. The van der Waals surface area contributed by atoms with E-state index in [1.807, 2.05) is 0 Å². The third-order valence-corrected chi connectivity index (χ3v) is 2.73. The summed E-state index contributed by atoms with van der Waals surface area (Å²) in [6, 6.07) is 0. The molecule has 96 valence electrons. The van der Waals surface area contributed by atoms with E-state index in [0.717, 1.165) is 19.4 Å². The first-order valence-electron chi connectivity index (χ1n) is 6.92. The van der Waals surface area contributed by atoms with Gasteiger partial charge in [0.15, 0.2) is 0 Å². The fraction of sp³-hybridized carbons (Fsp3) is 0.857. The summed E-state index contributed by atoms with van der Waals surface area (Å²) in [6.45, 7) is 5.37. The second-order valence-electron chi connectivity index (χ2n) is 4.46. The van der Waals surface area contributed by atoms with Crippen LogP contribution in [0.5, 0.6) is 0 Å². The van der Waals surface area contributed by atoms with Gasteiger partial charge in [0, 0.05) is 19.2 Å². The summed E-state index contributed by atoms with van der Waals surface area (Å²) in [5, 5.41) is 12.7. The fourth-order valence-electron chi connectivity index (χ4n) is 1.63. The van der Waals surface area contributed by atoms with Crippen LogP contribution in [0.1, 0.15) is 71.6 Å². The van der Waals surface area contributed by atoms with Gasteiger partial charge in [-0.3, -0.25) is 0 Å². The highest BCUT2D eigenvalue weighted by Crippen LogP contribution is 2.09. The second kappa shape index (κ2) is 12.4. The van der Waals surface area contributed by atoms with E-state index in [1.165, 1.54) is 44.9 Å². The van der Waals surface area contributed by atoms with E-state index in [2.05, 4.69) is 19.2 Å². The molecule has 2 N–H and O–H groups in total. The van der Waals surface area contributed by atoms with E-state index in [1.54, 1.807) is 6.20 Å². The Bertz CT molecular complexity index is 166. The third-order valence-electron chi connectivity index (χ3n) is 2.73. The van der Waals surface area contributed by atoms with Crippen molar-refractivity contribution in [1.82, 2.24) is 5.32 Å². The zero-order valence-electron chi connectivity index (χ0n) is 11.1. The van der Waals surface area contributed by atoms with Crippen LogP contribution in [0.25, 0.3) is 0 Å². The van der Waals surface area contributed by atoms with Crippen LogP contribution < -0.4 is 5.32 Å². The van der Waals surface area contributed by atoms with Crippen LogP contribution >= 0.6 is 0 Å². The van der Waals surface area contributed by atoms with Crippen LogP contribution in [-0.2, 0) is 0 Å². The van der Waals surface area contributed by atoms with Crippen molar-refractivity contribution in [2.24, 2.45) is 0 Å². The van der Waals surface area contributed by atoms with Crippen LogP contribution in [0.3, 0.4) is 0 Å². The van der Waals surface area contributed by atoms with Crippen molar-refractivity contribution in [3.05, 3.63) is 12.0 Å². The average molecular weight is 227 g/mol. The van der Waals surface area contributed by atoms with E-state index in [4.69, 9.17) is 0 Å². The quantitative estimate of drug-likeness (QED) is 0.401. The topological polar surface area (TPSA) is 32.3 Å². The molecule has 0 radical (unpaired) electrons. The lowest BCUT2D eigenvalue weighted by molar-refractivity contribution is 0.375. The number of hydrogen-bond acceptors (Lipinski definition) is 2. The van der Waals surface area contributed by atoms with Crippen molar-refractivity contribution in [2.45, 2.75) is 71.6 Å². The number of aliphatic hydroxyl groups excluding tert-OH is 1. The highest BCUT2D eigenvalue weighted by atomic mass is 16.3. The van der Waals surface area contributed by atoms with Gasteiger partial charge in [0.05, 0.1) is 0 Å². The standard InChI is InChI=1S/C14H29NO/c1-3-5-7-8-9-10-11-14(16)13-15-12-6-4-2/h13,15-16H,3-12H2,1-2H3. The molecule has 0 saturated heterocycles. The molecule has 0 rings (SSSR count). The number of unbranched alkanes of at least 4 members (excludes halogenated alkanes) is 6. The molecule has 0 amide bonds. The van der Waals surface area contributed by atoms with Crippen LogP contribution in [-0.4, -0.2) is 11.7 Å². The van der Waals surface area contributed by atoms with Crippen molar-refractivity contribution < 1.29 is 5.11 Å². The fourth-order valence-corrected chi connectivity index (χ4v) is 1.63. The molecule has 0 saturated carbocycles. The Morgan fingerprint density at radius 2 is 1.56 bits per heavy atom. The van der Waals surface area contributed by atoms with Crippen LogP contribution in [0, 0.1) is 0 Å². The Hall–Kier alpha value is -0.660. The van der Waals surface area contributed by atoms with Crippen LogP contribution in [0.2, 0.25) is 0 Å². The molecule has 0 aliphatic carbocycles. The highest BCUT2D eigenvalue weighted by Gasteiger charge is 1.94. The monoisotopic (exact) mass is 227 g/mol. The van der Waals surface area contributed by atoms with Gasteiger partial charge in [0.25, 0.3) is 0 Å². The number of allylic oxidation sites excluding steroid dienone is 1. The molecule has 0 spiro atoms. The number of rotatable bonds is 11. The SMILES string of the molecule is CCCCCCCCC(O)=CNCCCC. The molecule has 0 unspecified atom stereocenters. The Labute approximate surface area is 101 Å². The summed E-state index contributed by atoms with van der Waals surface area (Å²) in [4.78, 5) is 0. The maximum Gasteiger partial charge on any atom is 0.108 e. The molecule has 2 nitrogen and oxygen atoms in total. The van der Waals surface area contributed by atoms with Gasteiger partial charge in [-0.05, 0) is 12.8 Å². The van der Waals surface area contributed by atoms with Gasteiger partial charge in [0.1, 0.15) is 5.76 Å². The third kappa shape index (κ3) is 11.4. The lowest BCUT2D eigenvalue weighted by atomic mass is 10.1. The van der Waals surface area contributed by atoms with Crippen molar-refractivity contribution in [3.63, 3.8) is 0 Å². The number of hydrogen-bond donors (Lipinski definition) is 2. The molecule has 0 heterocycles. The molecule has 0 atom stereocenters. The first kappa shape index (κ1) is 15.3. The maximum absolute atomic E-state index is 9.55.